The third-order valence-corrected chi connectivity index (χ3v) is 4.91. The lowest BCUT2D eigenvalue weighted by molar-refractivity contribution is 0.382. The Hall–Kier alpha value is -2.60. The second kappa shape index (κ2) is 13.6. The zero-order valence-corrected chi connectivity index (χ0v) is 18.0. The molecule has 0 bridgehead atoms. The van der Waals surface area contributed by atoms with Crippen LogP contribution in [-0.4, -0.2) is 23.1 Å². The van der Waals surface area contributed by atoms with Crippen molar-refractivity contribution in [1.82, 2.24) is 5.01 Å². The Morgan fingerprint density at radius 3 is 2.86 bits per heavy atom. The van der Waals surface area contributed by atoms with Crippen LogP contribution in [0.3, 0.4) is 0 Å². The standard InChI is InChI=1S/C20H26N4OS.C2H6/c1-4-17(14-16(3)15-25-5-2)11-12-24-20(22-21)10-6-8-18(23-24)19-9-7-13-26-19;1-2/h4-9,13,15,17H,1-2,10-12,14,21H2,3H3;1-2H3/b16-15+,22-20-;. The van der Waals surface area contributed by atoms with Gasteiger partial charge in [-0.1, -0.05) is 38.6 Å². The van der Waals surface area contributed by atoms with Crippen molar-refractivity contribution in [1.29, 1.82) is 0 Å². The van der Waals surface area contributed by atoms with Crippen LogP contribution in [0.2, 0.25) is 0 Å². The molecule has 2 N–H and O–H groups in total. The smallest absolute Gasteiger partial charge is 0.148 e. The Labute approximate surface area is 173 Å². The van der Waals surface area contributed by atoms with Crippen molar-refractivity contribution in [3.8, 4) is 0 Å². The number of rotatable bonds is 9. The van der Waals surface area contributed by atoms with Crippen LogP contribution in [0.25, 0.3) is 0 Å². The maximum Gasteiger partial charge on any atom is 0.148 e. The van der Waals surface area contributed by atoms with Crippen molar-refractivity contribution >= 4 is 22.9 Å². The van der Waals surface area contributed by atoms with E-state index in [0.717, 1.165) is 41.4 Å². The predicted octanol–water partition coefficient (Wildman–Crippen LogP) is 5.66. The quantitative estimate of drug-likeness (QED) is 0.252. The molecule has 2 rings (SSSR count). The molecule has 0 amide bonds. The Kier molecular flexibility index (Phi) is 11.3. The molecule has 1 aliphatic heterocycles. The van der Waals surface area contributed by atoms with Crippen molar-refractivity contribution in [2.75, 3.05) is 6.54 Å². The van der Waals surface area contributed by atoms with E-state index in [1.54, 1.807) is 17.6 Å². The number of nitrogens with zero attached hydrogens (tertiary/aromatic N) is 3. The molecule has 0 saturated heterocycles. The molecule has 28 heavy (non-hydrogen) atoms. The molecule has 1 aromatic rings. The fourth-order valence-corrected chi connectivity index (χ4v) is 3.36. The van der Waals surface area contributed by atoms with Crippen LogP contribution in [0.15, 0.2) is 77.2 Å². The maximum atomic E-state index is 5.59. The van der Waals surface area contributed by atoms with Gasteiger partial charge in [-0.3, -0.25) is 0 Å². The molecule has 1 atom stereocenters. The highest BCUT2D eigenvalue weighted by Gasteiger charge is 2.17. The van der Waals surface area contributed by atoms with E-state index in [9.17, 15) is 0 Å². The molecule has 0 spiro atoms. The summed E-state index contributed by atoms with van der Waals surface area (Å²) in [5, 5.41) is 12.7. The minimum Gasteiger partial charge on any atom is -0.473 e. The topological polar surface area (TPSA) is 63.2 Å². The van der Waals surface area contributed by atoms with Gasteiger partial charge in [0.15, 0.2) is 0 Å². The van der Waals surface area contributed by atoms with E-state index in [2.05, 4.69) is 30.4 Å². The highest BCUT2D eigenvalue weighted by atomic mass is 32.1. The van der Waals surface area contributed by atoms with Gasteiger partial charge in [0.25, 0.3) is 0 Å². The molecule has 0 aliphatic carbocycles. The third kappa shape index (κ3) is 7.56. The number of amidine groups is 1. The summed E-state index contributed by atoms with van der Waals surface area (Å²) in [7, 11) is 0. The van der Waals surface area contributed by atoms with Gasteiger partial charge < -0.3 is 10.6 Å². The first-order valence-electron chi connectivity index (χ1n) is 9.55. The van der Waals surface area contributed by atoms with Crippen molar-refractivity contribution in [3.63, 3.8) is 0 Å². The number of hydrogen-bond acceptors (Lipinski definition) is 5. The third-order valence-electron chi connectivity index (χ3n) is 4.02. The summed E-state index contributed by atoms with van der Waals surface area (Å²) in [5.74, 6) is 6.67. The average Bonchev–Trinajstić information content (AvgIpc) is 3.18. The van der Waals surface area contributed by atoms with Crippen LogP contribution in [-0.2, 0) is 4.74 Å². The number of allylic oxidation sites excluding steroid dienone is 3. The maximum absolute atomic E-state index is 5.59. The van der Waals surface area contributed by atoms with Gasteiger partial charge in [0.1, 0.15) is 11.5 Å². The van der Waals surface area contributed by atoms with Crippen LogP contribution in [0.4, 0.5) is 0 Å². The van der Waals surface area contributed by atoms with Crippen molar-refractivity contribution in [3.05, 3.63) is 71.9 Å². The summed E-state index contributed by atoms with van der Waals surface area (Å²) in [5.41, 5.74) is 2.08. The highest BCUT2D eigenvalue weighted by molar-refractivity contribution is 7.12. The van der Waals surface area contributed by atoms with Gasteiger partial charge in [0.2, 0.25) is 0 Å². The van der Waals surface area contributed by atoms with E-state index >= 15 is 0 Å². The Balaban J connectivity index is 0.00000190. The monoisotopic (exact) mass is 400 g/mol. The van der Waals surface area contributed by atoms with Gasteiger partial charge in [0, 0.05) is 13.0 Å². The minimum atomic E-state index is 0.315. The molecule has 0 fully saturated rings. The lowest BCUT2D eigenvalue weighted by Crippen LogP contribution is -2.29. The summed E-state index contributed by atoms with van der Waals surface area (Å²) >= 11 is 1.67. The molecule has 2 heterocycles. The number of thiophene rings is 1. The number of hydrogen-bond donors (Lipinski definition) is 1. The van der Waals surface area contributed by atoms with Crippen LogP contribution >= 0.6 is 11.3 Å². The van der Waals surface area contributed by atoms with E-state index in [1.807, 2.05) is 49.4 Å². The van der Waals surface area contributed by atoms with E-state index in [-0.39, 0.29) is 0 Å². The van der Waals surface area contributed by atoms with Gasteiger partial charge >= 0.3 is 0 Å². The normalized spacial score (nSPS) is 16.5. The zero-order valence-electron chi connectivity index (χ0n) is 17.2. The molecule has 0 saturated carbocycles. The molecule has 0 radical (unpaired) electrons. The first-order valence-corrected chi connectivity index (χ1v) is 10.4. The first kappa shape index (κ1) is 23.4. The van der Waals surface area contributed by atoms with Crippen molar-refractivity contribution in [2.45, 2.75) is 40.0 Å². The molecular weight excluding hydrogens is 368 g/mol. The fourth-order valence-electron chi connectivity index (χ4n) is 2.67. The van der Waals surface area contributed by atoms with Gasteiger partial charge in [-0.05, 0) is 48.8 Å². The van der Waals surface area contributed by atoms with Gasteiger partial charge in [-0.15, -0.1) is 17.9 Å². The second-order valence-electron chi connectivity index (χ2n) is 5.99. The molecular formula is C22H32N4OS. The van der Waals surface area contributed by atoms with E-state index in [1.165, 1.54) is 6.26 Å². The van der Waals surface area contributed by atoms with Crippen LogP contribution < -0.4 is 5.84 Å². The number of ether oxygens (including phenoxy) is 1. The van der Waals surface area contributed by atoms with E-state index in [4.69, 9.17) is 15.7 Å². The lowest BCUT2D eigenvalue weighted by atomic mass is 9.97. The summed E-state index contributed by atoms with van der Waals surface area (Å²) in [6, 6.07) is 4.09. The van der Waals surface area contributed by atoms with Crippen molar-refractivity contribution < 1.29 is 4.74 Å². The molecule has 5 nitrogen and oxygen atoms in total. The largest absolute Gasteiger partial charge is 0.473 e. The summed E-state index contributed by atoms with van der Waals surface area (Å²) in [6.45, 7) is 14.3. The van der Waals surface area contributed by atoms with Crippen molar-refractivity contribution in [2.24, 2.45) is 22.0 Å². The Morgan fingerprint density at radius 1 is 1.46 bits per heavy atom. The Bertz CT molecular complexity index is 717. The fraction of sp³-hybridized carbons (Fsp3) is 0.364. The molecule has 1 unspecified atom stereocenters. The molecule has 0 aromatic carbocycles. The molecule has 152 valence electrons. The average molecular weight is 401 g/mol. The number of hydrazone groups is 2. The van der Waals surface area contributed by atoms with E-state index in [0.29, 0.717) is 12.3 Å². The molecule has 1 aliphatic rings. The van der Waals surface area contributed by atoms with Gasteiger partial charge in [-0.2, -0.15) is 10.2 Å². The zero-order chi connectivity index (χ0) is 20.8. The lowest BCUT2D eigenvalue weighted by Gasteiger charge is -2.22. The van der Waals surface area contributed by atoms with Gasteiger partial charge in [-0.25, -0.2) is 5.01 Å². The van der Waals surface area contributed by atoms with Crippen LogP contribution in [0, 0.1) is 5.92 Å². The Morgan fingerprint density at radius 2 is 2.25 bits per heavy atom. The van der Waals surface area contributed by atoms with Crippen LogP contribution in [0.1, 0.15) is 44.9 Å². The SMILES string of the molecule is C=CO/C=C(\C)CC(C=C)CCN1N=C(c2cccs2)C=CC/C1=N/N.CC. The summed E-state index contributed by atoms with van der Waals surface area (Å²) < 4.78 is 5.13. The predicted molar refractivity (Wildman–Crippen MR) is 122 cm³/mol. The summed E-state index contributed by atoms with van der Waals surface area (Å²) in [4.78, 5) is 1.13. The van der Waals surface area contributed by atoms with Gasteiger partial charge in [0.05, 0.1) is 17.4 Å². The highest BCUT2D eigenvalue weighted by Crippen LogP contribution is 2.20. The van der Waals surface area contributed by atoms with E-state index < -0.39 is 0 Å². The molecule has 6 heteroatoms. The first-order chi connectivity index (χ1) is 13.7. The van der Waals surface area contributed by atoms with Crippen LogP contribution in [0.5, 0.6) is 0 Å². The molecule has 1 aromatic heterocycles. The second-order valence-corrected chi connectivity index (χ2v) is 6.94. The number of nitrogens with two attached hydrogens (primary N) is 1. The summed E-state index contributed by atoms with van der Waals surface area (Å²) in [6.07, 6.45) is 11.6. The minimum absolute atomic E-state index is 0.315.